The maximum absolute atomic E-state index is 13.1. The van der Waals surface area contributed by atoms with Crippen molar-refractivity contribution < 1.29 is 14.5 Å². The van der Waals surface area contributed by atoms with Crippen molar-refractivity contribution in [3.63, 3.8) is 0 Å². The summed E-state index contributed by atoms with van der Waals surface area (Å²) >= 11 is 0. The second-order valence-corrected chi connectivity index (χ2v) is 7.23. The number of quaternary nitrogens is 1. The number of nitrogens with one attached hydrogen (secondary N) is 1. The fourth-order valence-corrected chi connectivity index (χ4v) is 5.08. The van der Waals surface area contributed by atoms with Crippen molar-refractivity contribution in [3.05, 3.63) is 65.2 Å². The molecule has 24 heavy (non-hydrogen) atoms. The first-order chi connectivity index (χ1) is 11.6. The van der Waals surface area contributed by atoms with Crippen LogP contribution in [-0.4, -0.2) is 18.9 Å². The molecule has 120 valence electrons. The standard InChI is InChI=1S/C20H18N2O2/c1-11-7-9-12(10-8-11)22-19(23)15-16(20(22)24)18-14-6-4-3-5-13(14)17(15)21(18)2/h3-10,15-18H,1-2H3/p+1. The van der Waals surface area contributed by atoms with Crippen LogP contribution in [0.5, 0.6) is 0 Å². The maximum atomic E-state index is 13.1. The summed E-state index contributed by atoms with van der Waals surface area (Å²) in [5, 5.41) is 0. The topological polar surface area (TPSA) is 41.8 Å². The van der Waals surface area contributed by atoms with E-state index in [0.717, 1.165) is 5.56 Å². The summed E-state index contributed by atoms with van der Waals surface area (Å²) in [6, 6.07) is 16.1. The molecule has 0 radical (unpaired) electrons. The summed E-state index contributed by atoms with van der Waals surface area (Å²) in [7, 11) is 2.12. The zero-order chi connectivity index (χ0) is 16.6. The average molecular weight is 319 g/mol. The van der Waals surface area contributed by atoms with Gasteiger partial charge in [0.15, 0.2) is 0 Å². The number of fused-ring (bicyclic) bond motifs is 8. The van der Waals surface area contributed by atoms with Gasteiger partial charge in [-0.25, -0.2) is 4.90 Å². The van der Waals surface area contributed by atoms with E-state index in [1.807, 2.05) is 43.3 Å². The predicted octanol–water partition coefficient (Wildman–Crippen LogP) is 1.42. The Morgan fingerprint density at radius 1 is 0.833 bits per heavy atom. The summed E-state index contributed by atoms with van der Waals surface area (Å²) < 4.78 is 0. The van der Waals surface area contributed by atoms with Crippen LogP contribution in [0.2, 0.25) is 0 Å². The number of aryl methyl sites for hydroxylation is 1. The molecule has 2 saturated heterocycles. The lowest BCUT2D eigenvalue weighted by atomic mass is 9.77. The molecule has 0 aliphatic carbocycles. The Morgan fingerprint density at radius 3 is 1.83 bits per heavy atom. The predicted molar refractivity (Wildman–Crippen MR) is 89.5 cm³/mol. The maximum Gasteiger partial charge on any atom is 0.244 e. The van der Waals surface area contributed by atoms with Gasteiger partial charge >= 0.3 is 0 Å². The van der Waals surface area contributed by atoms with E-state index < -0.39 is 0 Å². The first kappa shape index (κ1) is 13.9. The Bertz CT molecular complexity index is 824. The van der Waals surface area contributed by atoms with E-state index in [2.05, 4.69) is 19.2 Å². The van der Waals surface area contributed by atoms with Gasteiger partial charge in [-0.15, -0.1) is 0 Å². The van der Waals surface area contributed by atoms with Gasteiger partial charge in [0, 0.05) is 11.1 Å². The van der Waals surface area contributed by atoms with Crippen LogP contribution < -0.4 is 9.80 Å². The van der Waals surface area contributed by atoms with Crippen LogP contribution in [0.25, 0.3) is 0 Å². The lowest BCUT2D eigenvalue weighted by Gasteiger charge is -2.21. The number of imide groups is 1. The Labute approximate surface area is 140 Å². The minimum atomic E-state index is -0.223. The summed E-state index contributed by atoms with van der Waals surface area (Å²) in [6.07, 6.45) is 0. The lowest BCUT2D eigenvalue weighted by molar-refractivity contribution is -0.923. The number of hydrogen-bond acceptors (Lipinski definition) is 2. The Hall–Kier alpha value is -2.46. The van der Waals surface area contributed by atoms with E-state index in [1.54, 1.807) is 0 Å². The molecule has 3 heterocycles. The van der Waals surface area contributed by atoms with Crippen LogP contribution in [0.3, 0.4) is 0 Å². The van der Waals surface area contributed by atoms with Crippen LogP contribution in [0.4, 0.5) is 5.69 Å². The normalized spacial score (nSPS) is 33.1. The molecule has 0 aromatic heterocycles. The molecule has 2 aromatic rings. The SMILES string of the molecule is Cc1ccc(N2C(=O)C3C(C2=O)C2c4ccccc4C3[NH+]2C)cc1. The van der Waals surface area contributed by atoms with Crippen LogP contribution in [0, 0.1) is 18.8 Å². The zero-order valence-corrected chi connectivity index (χ0v) is 13.7. The molecule has 3 aliphatic heterocycles. The van der Waals surface area contributed by atoms with Gasteiger partial charge in [-0.1, -0.05) is 42.0 Å². The van der Waals surface area contributed by atoms with E-state index >= 15 is 0 Å². The second-order valence-electron chi connectivity index (χ2n) is 7.23. The Morgan fingerprint density at radius 2 is 1.33 bits per heavy atom. The molecule has 2 fully saturated rings. The lowest BCUT2D eigenvalue weighted by Crippen LogP contribution is -3.06. The highest BCUT2D eigenvalue weighted by Gasteiger charge is 2.69. The van der Waals surface area contributed by atoms with Crippen molar-refractivity contribution in [1.29, 1.82) is 0 Å². The number of amides is 2. The first-order valence-electron chi connectivity index (χ1n) is 8.46. The third kappa shape index (κ3) is 1.52. The number of anilines is 1. The van der Waals surface area contributed by atoms with Crippen LogP contribution >= 0.6 is 0 Å². The van der Waals surface area contributed by atoms with E-state index in [-0.39, 0.29) is 35.7 Å². The number of nitrogens with zero attached hydrogens (tertiary/aromatic N) is 1. The molecule has 0 spiro atoms. The molecule has 2 aromatic carbocycles. The number of carbonyl (C=O) groups is 2. The molecular formula is C20H19N2O2+. The van der Waals surface area contributed by atoms with E-state index in [4.69, 9.17) is 0 Å². The summed E-state index contributed by atoms with van der Waals surface area (Å²) in [5.74, 6) is -0.511. The van der Waals surface area contributed by atoms with Crippen molar-refractivity contribution in [2.75, 3.05) is 11.9 Å². The van der Waals surface area contributed by atoms with Crippen LogP contribution in [-0.2, 0) is 9.59 Å². The third-order valence-electron chi connectivity index (χ3n) is 6.06. The summed E-state index contributed by atoms with van der Waals surface area (Å²) in [6.45, 7) is 2.00. The minimum Gasteiger partial charge on any atom is -0.324 e. The smallest absolute Gasteiger partial charge is 0.244 e. The van der Waals surface area contributed by atoms with E-state index in [0.29, 0.717) is 5.69 Å². The Balaban J connectivity index is 1.61. The first-order valence-corrected chi connectivity index (χ1v) is 8.46. The highest BCUT2D eigenvalue weighted by molar-refractivity contribution is 6.22. The van der Waals surface area contributed by atoms with Crippen molar-refractivity contribution in [2.24, 2.45) is 11.8 Å². The molecule has 2 amide bonds. The molecular weight excluding hydrogens is 300 g/mol. The molecule has 0 saturated carbocycles. The summed E-state index contributed by atoms with van der Waals surface area (Å²) in [5.41, 5.74) is 4.31. The van der Waals surface area contributed by atoms with Crippen LogP contribution in [0.15, 0.2) is 48.5 Å². The van der Waals surface area contributed by atoms with Crippen molar-refractivity contribution in [3.8, 4) is 0 Å². The van der Waals surface area contributed by atoms with Gasteiger partial charge in [-0.2, -0.15) is 0 Å². The molecule has 4 atom stereocenters. The molecule has 3 aliphatic rings. The van der Waals surface area contributed by atoms with Gasteiger partial charge in [0.25, 0.3) is 0 Å². The fourth-order valence-electron chi connectivity index (χ4n) is 5.08. The Kier molecular flexibility index (Phi) is 2.64. The quantitative estimate of drug-likeness (QED) is 0.808. The van der Waals surface area contributed by atoms with Gasteiger partial charge < -0.3 is 4.90 Å². The number of rotatable bonds is 1. The number of benzene rings is 2. The van der Waals surface area contributed by atoms with Gasteiger partial charge in [-0.05, 0) is 19.1 Å². The van der Waals surface area contributed by atoms with Crippen molar-refractivity contribution in [1.82, 2.24) is 0 Å². The monoisotopic (exact) mass is 319 g/mol. The third-order valence-corrected chi connectivity index (χ3v) is 6.06. The van der Waals surface area contributed by atoms with Gasteiger partial charge in [0.2, 0.25) is 11.8 Å². The van der Waals surface area contributed by atoms with E-state index in [1.165, 1.54) is 20.9 Å². The highest BCUT2D eigenvalue weighted by Crippen LogP contribution is 2.52. The number of hydrogen-bond donors (Lipinski definition) is 1. The van der Waals surface area contributed by atoms with Crippen molar-refractivity contribution in [2.45, 2.75) is 19.0 Å². The molecule has 4 nitrogen and oxygen atoms in total. The second kappa shape index (κ2) is 4.54. The molecule has 5 rings (SSSR count). The van der Waals surface area contributed by atoms with Crippen molar-refractivity contribution >= 4 is 17.5 Å². The molecule has 1 N–H and O–H groups in total. The number of carbonyl (C=O) groups excluding carboxylic acids is 2. The molecule has 4 unspecified atom stereocenters. The molecule has 2 bridgehead atoms. The van der Waals surface area contributed by atoms with E-state index in [9.17, 15) is 9.59 Å². The minimum absolute atomic E-state index is 0.0322. The largest absolute Gasteiger partial charge is 0.324 e. The fraction of sp³-hybridized carbons (Fsp3) is 0.300. The average Bonchev–Trinajstić information content (AvgIpc) is 3.14. The molecule has 4 heteroatoms. The van der Waals surface area contributed by atoms with Crippen LogP contribution in [0.1, 0.15) is 28.8 Å². The van der Waals surface area contributed by atoms with Gasteiger partial charge in [0.05, 0.1) is 12.7 Å². The highest BCUT2D eigenvalue weighted by atomic mass is 16.2. The van der Waals surface area contributed by atoms with Gasteiger partial charge in [-0.3, -0.25) is 9.59 Å². The van der Waals surface area contributed by atoms with Gasteiger partial charge in [0.1, 0.15) is 23.9 Å². The summed E-state index contributed by atoms with van der Waals surface area (Å²) in [4.78, 5) is 29.0. The zero-order valence-electron chi connectivity index (χ0n) is 13.7.